The molecule has 0 fully saturated rings. The Bertz CT molecular complexity index is 1460. The van der Waals surface area contributed by atoms with Crippen LogP contribution in [0.25, 0.3) is 0 Å². The van der Waals surface area contributed by atoms with E-state index in [-0.39, 0.29) is 26.6 Å². The summed E-state index contributed by atoms with van der Waals surface area (Å²) in [6.07, 6.45) is 1.03. The van der Waals surface area contributed by atoms with Crippen molar-refractivity contribution in [3.63, 3.8) is 0 Å². The quantitative estimate of drug-likeness (QED) is 0.518. The van der Waals surface area contributed by atoms with Gasteiger partial charge in [0.1, 0.15) is 4.91 Å². The summed E-state index contributed by atoms with van der Waals surface area (Å²) in [7, 11) is -8.34. The molecule has 1 aliphatic carbocycles. The minimum atomic E-state index is -4.18. The molecular weight excluding hydrogens is 502 g/mol. The molecule has 0 saturated heterocycles. The van der Waals surface area contributed by atoms with Gasteiger partial charge in [-0.15, -0.1) is 0 Å². The van der Waals surface area contributed by atoms with Gasteiger partial charge in [0.2, 0.25) is 15.6 Å². The third kappa shape index (κ3) is 4.04. The molecule has 4 rings (SSSR count). The van der Waals surface area contributed by atoms with Gasteiger partial charge in [0.25, 0.3) is 10.0 Å². The van der Waals surface area contributed by atoms with E-state index < -0.39 is 30.5 Å². The van der Waals surface area contributed by atoms with Crippen LogP contribution < -0.4 is 0 Å². The topological polar surface area (TPSA) is 97.7 Å². The molecule has 3 aromatic carbocycles. The largest absolute Gasteiger partial charge is 0.288 e. The van der Waals surface area contributed by atoms with Crippen molar-refractivity contribution in [3.8, 4) is 0 Å². The number of hydrogen-bond acceptors (Lipinski definition) is 5. The summed E-state index contributed by atoms with van der Waals surface area (Å²) in [6.45, 7) is 0. The summed E-state index contributed by atoms with van der Waals surface area (Å²) in [6, 6.07) is 19.6. The Morgan fingerprint density at radius 3 is 1.90 bits per heavy atom. The molecule has 6 nitrogen and oxygen atoms in total. The van der Waals surface area contributed by atoms with E-state index in [0.29, 0.717) is 4.47 Å². The average molecular weight is 516 g/mol. The molecule has 9 heteroatoms. The third-order valence-electron chi connectivity index (χ3n) is 4.61. The number of allylic oxidation sites excluding steroid dienone is 2. The van der Waals surface area contributed by atoms with Crippen molar-refractivity contribution >= 4 is 47.3 Å². The number of nitrogens with zero attached hydrogens (tertiary/aromatic N) is 1. The Kier molecular flexibility index (Phi) is 5.50. The zero-order valence-corrected chi connectivity index (χ0v) is 19.0. The first-order valence-corrected chi connectivity index (χ1v) is 12.7. The van der Waals surface area contributed by atoms with Crippen LogP contribution in [0, 0.1) is 0 Å². The molecule has 3 aromatic rings. The van der Waals surface area contributed by atoms with Crippen LogP contribution >= 0.6 is 15.9 Å². The molecule has 0 saturated carbocycles. The monoisotopic (exact) mass is 515 g/mol. The van der Waals surface area contributed by atoms with Crippen LogP contribution in [-0.4, -0.2) is 28.3 Å². The maximum absolute atomic E-state index is 13.1. The lowest BCUT2D eigenvalue weighted by Crippen LogP contribution is -2.23. The summed E-state index contributed by atoms with van der Waals surface area (Å²) in [5, 5.41) is 0. The first kappa shape index (κ1) is 21.4. The molecule has 0 N–H and O–H groups in total. The van der Waals surface area contributed by atoms with Crippen molar-refractivity contribution in [2.24, 2.45) is 4.40 Å². The average Bonchev–Trinajstić information content (AvgIpc) is 2.76. The Morgan fingerprint density at radius 2 is 1.26 bits per heavy atom. The number of sulfonamides is 1. The van der Waals surface area contributed by atoms with Gasteiger partial charge in [0.05, 0.1) is 15.5 Å². The van der Waals surface area contributed by atoms with Gasteiger partial charge in [-0.05, 0) is 42.5 Å². The van der Waals surface area contributed by atoms with E-state index in [1.807, 2.05) is 0 Å². The van der Waals surface area contributed by atoms with Crippen molar-refractivity contribution < 1.29 is 21.6 Å². The summed E-state index contributed by atoms with van der Waals surface area (Å²) < 4.78 is 56.6. The van der Waals surface area contributed by atoms with Gasteiger partial charge in [0, 0.05) is 15.6 Å². The van der Waals surface area contributed by atoms with Crippen LogP contribution in [0.15, 0.2) is 109 Å². The molecule has 0 radical (unpaired) electrons. The lowest BCUT2D eigenvalue weighted by atomic mass is 9.94. The minimum absolute atomic E-state index is 0.0570. The van der Waals surface area contributed by atoms with Gasteiger partial charge in [-0.25, -0.2) is 8.42 Å². The molecule has 0 aromatic heterocycles. The highest BCUT2D eigenvalue weighted by Gasteiger charge is 2.34. The van der Waals surface area contributed by atoms with Crippen molar-refractivity contribution in [2.75, 3.05) is 0 Å². The molecule has 0 bridgehead atoms. The van der Waals surface area contributed by atoms with Crippen LogP contribution in [0.2, 0.25) is 0 Å². The first-order chi connectivity index (χ1) is 14.7. The SMILES string of the molecule is O=C1C(S(=O)(=O)c2ccccc2)=CC(=NS(=O)(=O)c2ccc(Br)cc2)c2ccccc21. The van der Waals surface area contributed by atoms with E-state index >= 15 is 0 Å². The highest BCUT2D eigenvalue weighted by Crippen LogP contribution is 2.30. The predicted molar refractivity (Wildman–Crippen MR) is 120 cm³/mol. The normalized spacial score (nSPS) is 15.5. The van der Waals surface area contributed by atoms with Gasteiger partial charge in [0.15, 0.2) is 0 Å². The fourth-order valence-corrected chi connectivity index (χ4v) is 5.75. The van der Waals surface area contributed by atoms with Gasteiger partial charge < -0.3 is 0 Å². The summed E-state index contributed by atoms with van der Waals surface area (Å²) in [5.41, 5.74) is 0.206. The smallest absolute Gasteiger partial charge is 0.282 e. The number of Topliss-reactive ketones (excluding diaryl/α,β-unsaturated/α-hetero) is 1. The van der Waals surface area contributed by atoms with Gasteiger partial charge in [-0.2, -0.15) is 12.8 Å². The van der Waals surface area contributed by atoms with E-state index in [0.717, 1.165) is 6.08 Å². The molecule has 0 heterocycles. The number of carbonyl (C=O) groups is 1. The number of fused-ring (bicyclic) bond motifs is 1. The summed E-state index contributed by atoms with van der Waals surface area (Å²) in [5.74, 6) is -0.709. The number of benzene rings is 3. The number of halogens is 1. The van der Waals surface area contributed by atoms with Gasteiger partial charge in [-0.3, -0.25) is 4.79 Å². The number of hydrogen-bond donors (Lipinski definition) is 0. The number of ketones is 1. The van der Waals surface area contributed by atoms with Crippen LogP contribution in [0.4, 0.5) is 0 Å². The fourth-order valence-electron chi connectivity index (χ4n) is 3.10. The molecule has 1 aliphatic rings. The van der Waals surface area contributed by atoms with E-state index in [9.17, 15) is 21.6 Å². The zero-order chi connectivity index (χ0) is 22.2. The highest BCUT2D eigenvalue weighted by atomic mass is 79.9. The Labute approximate surface area is 188 Å². The number of sulfone groups is 1. The van der Waals surface area contributed by atoms with Crippen LogP contribution in [0.3, 0.4) is 0 Å². The van der Waals surface area contributed by atoms with Crippen molar-refractivity contribution in [2.45, 2.75) is 9.79 Å². The maximum Gasteiger partial charge on any atom is 0.282 e. The van der Waals surface area contributed by atoms with Crippen molar-refractivity contribution in [3.05, 3.63) is 105 Å². The Balaban J connectivity index is 1.93. The zero-order valence-electron chi connectivity index (χ0n) is 15.8. The van der Waals surface area contributed by atoms with E-state index in [1.54, 1.807) is 42.5 Å². The van der Waals surface area contributed by atoms with E-state index in [2.05, 4.69) is 20.3 Å². The van der Waals surface area contributed by atoms with E-state index in [4.69, 9.17) is 0 Å². The molecule has 156 valence electrons. The second-order valence-electron chi connectivity index (χ2n) is 6.61. The lowest BCUT2D eigenvalue weighted by molar-refractivity contribution is 0.104. The van der Waals surface area contributed by atoms with Gasteiger partial charge in [-0.1, -0.05) is 58.4 Å². The fraction of sp³-hybridized carbons (Fsp3) is 0. The molecule has 0 atom stereocenters. The van der Waals surface area contributed by atoms with Gasteiger partial charge >= 0.3 is 0 Å². The van der Waals surface area contributed by atoms with Crippen LogP contribution in [0.1, 0.15) is 15.9 Å². The molecular formula is C22H14BrNO5S2. The minimum Gasteiger partial charge on any atom is -0.288 e. The number of rotatable bonds is 4. The molecule has 0 amide bonds. The molecule has 0 spiro atoms. The Morgan fingerprint density at radius 1 is 0.677 bits per heavy atom. The van der Waals surface area contributed by atoms with Crippen molar-refractivity contribution in [1.82, 2.24) is 0 Å². The lowest BCUT2D eigenvalue weighted by Gasteiger charge is -2.17. The van der Waals surface area contributed by atoms with Crippen LogP contribution in [0.5, 0.6) is 0 Å². The standard InChI is InChI=1S/C22H14BrNO5S2/c23-15-10-12-17(13-11-15)31(28,29)24-20-14-21(22(25)19-9-5-4-8-18(19)20)30(26,27)16-6-2-1-3-7-16/h1-14H. The molecule has 0 aliphatic heterocycles. The molecule has 0 unspecified atom stereocenters. The maximum atomic E-state index is 13.1. The highest BCUT2D eigenvalue weighted by molar-refractivity contribution is 9.10. The second-order valence-corrected chi connectivity index (χ2v) is 11.0. The van der Waals surface area contributed by atoms with Crippen molar-refractivity contribution in [1.29, 1.82) is 0 Å². The number of carbonyl (C=O) groups excluding carboxylic acids is 1. The van der Waals surface area contributed by atoms with E-state index in [1.165, 1.54) is 36.4 Å². The predicted octanol–water partition coefficient (Wildman–Crippen LogP) is 4.18. The van der Waals surface area contributed by atoms with Crippen LogP contribution in [-0.2, 0) is 19.9 Å². The first-order valence-electron chi connectivity index (χ1n) is 8.97. The molecule has 31 heavy (non-hydrogen) atoms. The summed E-state index contributed by atoms with van der Waals surface area (Å²) >= 11 is 3.25. The second kappa shape index (κ2) is 7.99. The Hall–Kier alpha value is -2.88. The summed E-state index contributed by atoms with van der Waals surface area (Å²) in [4.78, 5) is 12.3. The third-order valence-corrected chi connectivity index (χ3v) is 8.22.